The summed E-state index contributed by atoms with van der Waals surface area (Å²) in [5, 5.41) is 3.41. The van der Waals surface area contributed by atoms with Crippen LogP contribution in [0, 0.1) is 0 Å². The predicted molar refractivity (Wildman–Crippen MR) is 120 cm³/mol. The first-order valence-electron chi connectivity index (χ1n) is 10.1. The second-order valence-electron chi connectivity index (χ2n) is 7.09. The average Bonchev–Trinajstić information content (AvgIpc) is 3.28. The van der Waals surface area contributed by atoms with Crippen LogP contribution in [-0.2, 0) is 4.79 Å². The second-order valence-corrected chi connectivity index (χ2v) is 7.09. The van der Waals surface area contributed by atoms with Gasteiger partial charge in [0.1, 0.15) is 11.6 Å². The highest BCUT2D eigenvalue weighted by Crippen LogP contribution is 2.46. The molecule has 0 saturated carbocycles. The van der Waals surface area contributed by atoms with Crippen LogP contribution in [0.1, 0.15) is 24.1 Å². The first kappa shape index (κ1) is 22.1. The number of carbonyl (C=O) groups is 1. The lowest BCUT2D eigenvalue weighted by Crippen LogP contribution is -2.16. The van der Waals surface area contributed by atoms with Gasteiger partial charge in [0.05, 0.1) is 27.4 Å². The number of hydrogen-bond acceptors (Lipinski definition) is 9. The Morgan fingerprint density at radius 1 is 0.970 bits per heavy atom. The molecule has 0 fully saturated rings. The van der Waals surface area contributed by atoms with Gasteiger partial charge in [-0.3, -0.25) is 4.79 Å². The standard InChI is InChI=1S/C24H24N2O7/c1-14(27)33-17-12-19-18(31-13-32-19)11-16(17)23(26-22-7-5-6-8-25-22)15-9-20(28-2)24(30-4)21(10-15)29-3/h5-12,23H,13H2,1-4H3,(H,25,26). The van der Waals surface area contributed by atoms with E-state index in [4.69, 9.17) is 28.4 Å². The van der Waals surface area contributed by atoms with Crippen molar-refractivity contribution in [3.63, 3.8) is 0 Å². The summed E-state index contributed by atoms with van der Waals surface area (Å²) < 4.78 is 33.2. The van der Waals surface area contributed by atoms with Crippen molar-refractivity contribution in [3.05, 3.63) is 59.8 Å². The number of benzene rings is 2. The van der Waals surface area contributed by atoms with Crippen LogP contribution in [0.4, 0.5) is 5.82 Å². The highest BCUT2D eigenvalue weighted by molar-refractivity contribution is 5.71. The molecule has 0 amide bonds. The molecule has 9 heteroatoms. The van der Waals surface area contributed by atoms with E-state index in [0.29, 0.717) is 45.9 Å². The molecular weight excluding hydrogens is 428 g/mol. The first-order chi connectivity index (χ1) is 16.0. The van der Waals surface area contributed by atoms with Gasteiger partial charge in [0.25, 0.3) is 0 Å². The Morgan fingerprint density at radius 2 is 1.67 bits per heavy atom. The number of anilines is 1. The number of hydrogen-bond donors (Lipinski definition) is 1. The summed E-state index contributed by atoms with van der Waals surface area (Å²) in [5.41, 5.74) is 1.39. The summed E-state index contributed by atoms with van der Waals surface area (Å²) in [6, 6.07) is 12.1. The fourth-order valence-electron chi connectivity index (χ4n) is 3.61. The average molecular weight is 452 g/mol. The summed E-state index contributed by atoms with van der Waals surface area (Å²) in [6.45, 7) is 1.43. The van der Waals surface area contributed by atoms with Gasteiger partial charge in [-0.25, -0.2) is 4.98 Å². The minimum Gasteiger partial charge on any atom is -0.493 e. The summed E-state index contributed by atoms with van der Waals surface area (Å²) in [5.74, 6) is 2.95. The van der Waals surface area contributed by atoms with E-state index in [1.807, 2.05) is 30.3 Å². The van der Waals surface area contributed by atoms with Gasteiger partial charge in [-0.1, -0.05) is 6.07 Å². The number of esters is 1. The third-order valence-electron chi connectivity index (χ3n) is 5.05. The number of fused-ring (bicyclic) bond motifs is 1. The maximum absolute atomic E-state index is 11.9. The molecule has 0 spiro atoms. The number of methoxy groups -OCH3 is 3. The molecular formula is C24H24N2O7. The SMILES string of the molecule is COc1cc(C(Nc2ccccn2)c2cc3c(cc2OC(C)=O)OCO3)cc(OC)c1OC. The Morgan fingerprint density at radius 3 is 2.24 bits per heavy atom. The number of nitrogens with zero attached hydrogens (tertiary/aromatic N) is 1. The Balaban J connectivity index is 1.91. The summed E-state index contributed by atoms with van der Waals surface area (Å²) in [7, 11) is 4.64. The van der Waals surface area contributed by atoms with Gasteiger partial charge in [-0.05, 0) is 35.9 Å². The molecule has 0 saturated heterocycles. The normalized spacial score (nSPS) is 12.6. The van der Waals surface area contributed by atoms with Crippen molar-refractivity contribution in [3.8, 4) is 34.5 Å². The number of nitrogens with one attached hydrogen (secondary N) is 1. The van der Waals surface area contributed by atoms with Gasteiger partial charge in [-0.15, -0.1) is 0 Å². The lowest BCUT2D eigenvalue weighted by Gasteiger charge is -2.24. The van der Waals surface area contributed by atoms with Crippen LogP contribution in [0.2, 0.25) is 0 Å². The van der Waals surface area contributed by atoms with E-state index in [0.717, 1.165) is 5.56 Å². The van der Waals surface area contributed by atoms with E-state index in [1.54, 1.807) is 39.7 Å². The largest absolute Gasteiger partial charge is 0.493 e. The molecule has 3 aromatic rings. The Hall–Kier alpha value is -4.14. The fourth-order valence-corrected chi connectivity index (χ4v) is 3.61. The molecule has 1 aliphatic heterocycles. The number of pyridine rings is 1. The number of ether oxygens (including phenoxy) is 6. The van der Waals surface area contributed by atoms with Gasteiger partial charge in [-0.2, -0.15) is 0 Å². The smallest absolute Gasteiger partial charge is 0.308 e. The second kappa shape index (κ2) is 9.56. The van der Waals surface area contributed by atoms with Crippen LogP contribution in [0.25, 0.3) is 0 Å². The molecule has 2 heterocycles. The predicted octanol–water partition coefficient (Wildman–Crippen LogP) is 3.96. The van der Waals surface area contributed by atoms with E-state index in [2.05, 4.69) is 10.3 Å². The van der Waals surface area contributed by atoms with Gasteiger partial charge in [0.2, 0.25) is 12.5 Å². The molecule has 1 N–H and O–H groups in total. The van der Waals surface area contributed by atoms with E-state index in [-0.39, 0.29) is 6.79 Å². The van der Waals surface area contributed by atoms with Crippen molar-refractivity contribution >= 4 is 11.8 Å². The molecule has 2 aromatic carbocycles. The van der Waals surface area contributed by atoms with Gasteiger partial charge in [0, 0.05) is 24.8 Å². The van der Waals surface area contributed by atoms with E-state index >= 15 is 0 Å². The Kier molecular flexibility index (Phi) is 6.39. The monoisotopic (exact) mass is 452 g/mol. The quantitative estimate of drug-likeness (QED) is 0.402. The fraction of sp³-hybridized carbons (Fsp3) is 0.250. The highest BCUT2D eigenvalue weighted by atomic mass is 16.7. The molecule has 33 heavy (non-hydrogen) atoms. The number of aromatic nitrogens is 1. The zero-order chi connectivity index (χ0) is 23.4. The number of rotatable bonds is 8. The van der Waals surface area contributed by atoms with Crippen molar-refractivity contribution in [2.24, 2.45) is 0 Å². The van der Waals surface area contributed by atoms with Crippen LogP contribution in [-0.4, -0.2) is 39.1 Å². The third-order valence-corrected chi connectivity index (χ3v) is 5.05. The molecule has 1 atom stereocenters. The third kappa shape index (κ3) is 4.57. The Labute approximate surface area is 191 Å². The van der Waals surface area contributed by atoms with Crippen molar-refractivity contribution in [1.82, 2.24) is 4.98 Å². The van der Waals surface area contributed by atoms with E-state index < -0.39 is 12.0 Å². The zero-order valence-electron chi connectivity index (χ0n) is 18.7. The first-order valence-corrected chi connectivity index (χ1v) is 10.1. The molecule has 4 rings (SSSR count). The van der Waals surface area contributed by atoms with Crippen LogP contribution in [0.5, 0.6) is 34.5 Å². The molecule has 9 nitrogen and oxygen atoms in total. The van der Waals surface area contributed by atoms with Crippen molar-refractivity contribution in [2.75, 3.05) is 33.4 Å². The molecule has 0 radical (unpaired) electrons. The minimum absolute atomic E-state index is 0.0841. The van der Waals surface area contributed by atoms with Crippen molar-refractivity contribution in [2.45, 2.75) is 13.0 Å². The summed E-state index contributed by atoms with van der Waals surface area (Å²) >= 11 is 0. The highest BCUT2D eigenvalue weighted by Gasteiger charge is 2.27. The van der Waals surface area contributed by atoms with Crippen LogP contribution < -0.4 is 33.7 Å². The maximum atomic E-state index is 11.9. The van der Waals surface area contributed by atoms with Crippen LogP contribution >= 0.6 is 0 Å². The number of carbonyl (C=O) groups excluding carboxylic acids is 1. The van der Waals surface area contributed by atoms with Crippen molar-refractivity contribution < 1.29 is 33.2 Å². The van der Waals surface area contributed by atoms with Gasteiger partial charge < -0.3 is 33.7 Å². The molecule has 1 unspecified atom stereocenters. The van der Waals surface area contributed by atoms with Crippen LogP contribution in [0.3, 0.4) is 0 Å². The molecule has 0 bridgehead atoms. The maximum Gasteiger partial charge on any atom is 0.308 e. The lowest BCUT2D eigenvalue weighted by atomic mass is 9.96. The summed E-state index contributed by atoms with van der Waals surface area (Å²) in [4.78, 5) is 16.3. The molecule has 1 aliphatic rings. The summed E-state index contributed by atoms with van der Waals surface area (Å²) in [6.07, 6.45) is 1.68. The van der Waals surface area contributed by atoms with Gasteiger partial charge >= 0.3 is 5.97 Å². The topological polar surface area (TPSA) is 97.4 Å². The van der Waals surface area contributed by atoms with Crippen molar-refractivity contribution in [1.29, 1.82) is 0 Å². The van der Waals surface area contributed by atoms with E-state index in [1.165, 1.54) is 6.92 Å². The molecule has 172 valence electrons. The minimum atomic E-state index is -0.530. The molecule has 1 aromatic heterocycles. The molecule has 0 aliphatic carbocycles. The van der Waals surface area contributed by atoms with Crippen LogP contribution in [0.15, 0.2) is 48.7 Å². The lowest BCUT2D eigenvalue weighted by molar-refractivity contribution is -0.131. The Bertz CT molecular complexity index is 1130. The zero-order valence-corrected chi connectivity index (χ0v) is 18.7. The van der Waals surface area contributed by atoms with E-state index in [9.17, 15) is 4.79 Å². The van der Waals surface area contributed by atoms with Gasteiger partial charge in [0.15, 0.2) is 23.0 Å².